The number of imide groups is 1. The van der Waals surface area contributed by atoms with Gasteiger partial charge in [-0.3, -0.25) is 9.69 Å². The van der Waals surface area contributed by atoms with Crippen LogP contribution in [0.4, 0.5) is 4.79 Å². The molecule has 0 aliphatic carbocycles. The van der Waals surface area contributed by atoms with Gasteiger partial charge in [0, 0.05) is 0 Å². The predicted octanol–water partition coefficient (Wildman–Crippen LogP) is 3.78. The van der Waals surface area contributed by atoms with Gasteiger partial charge in [0.1, 0.15) is 12.1 Å². The summed E-state index contributed by atoms with van der Waals surface area (Å²) in [6.07, 6.45) is 2.82. The molecule has 2 aromatic rings. The molecule has 3 amide bonds. The van der Waals surface area contributed by atoms with Crippen molar-refractivity contribution in [1.29, 1.82) is 0 Å². The van der Waals surface area contributed by atoms with Crippen molar-refractivity contribution in [2.75, 3.05) is 0 Å². The molecule has 3 rings (SSSR count). The second-order valence-corrected chi connectivity index (χ2v) is 6.79. The van der Waals surface area contributed by atoms with Gasteiger partial charge in [-0.25, -0.2) is 4.79 Å². The van der Waals surface area contributed by atoms with Gasteiger partial charge in [-0.15, -0.1) is 10.2 Å². The van der Waals surface area contributed by atoms with Crippen molar-refractivity contribution in [2.45, 2.75) is 51.6 Å². The minimum Gasteiger partial charge on any atom is -0.419 e. The lowest BCUT2D eigenvalue weighted by atomic mass is 9.88. The number of nitrogens with zero attached hydrogens (tertiary/aromatic N) is 3. The Labute approximate surface area is 156 Å². The number of carbonyl (C=O) groups is 2. The fourth-order valence-corrected chi connectivity index (χ4v) is 3.55. The quantitative estimate of drug-likeness (QED) is 0.743. The average molecular weight is 377 g/mol. The number of halogens is 1. The summed E-state index contributed by atoms with van der Waals surface area (Å²) in [6, 6.07) is 6.68. The lowest BCUT2D eigenvalue weighted by Crippen LogP contribution is -2.46. The van der Waals surface area contributed by atoms with Gasteiger partial charge < -0.3 is 9.73 Å². The molecule has 138 valence electrons. The van der Waals surface area contributed by atoms with Crippen LogP contribution in [0.15, 0.2) is 28.7 Å². The van der Waals surface area contributed by atoms with Crippen LogP contribution < -0.4 is 5.32 Å². The van der Waals surface area contributed by atoms with Crippen molar-refractivity contribution >= 4 is 23.5 Å². The van der Waals surface area contributed by atoms with Gasteiger partial charge in [-0.1, -0.05) is 50.4 Å². The van der Waals surface area contributed by atoms with Gasteiger partial charge in [-0.05, 0) is 25.0 Å². The lowest BCUT2D eigenvalue weighted by Gasteiger charge is -2.25. The molecule has 0 unspecified atom stereocenters. The van der Waals surface area contributed by atoms with E-state index < -0.39 is 11.6 Å². The smallest absolute Gasteiger partial charge is 0.325 e. The Hall–Kier alpha value is -2.41. The second-order valence-electron chi connectivity index (χ2n) is 6.38. The first-order valence-electron chi connectivity index (χ1n) is 8.72. The molecule has 0 bridgehead atoms. The number of hydrogen-bond donors (Lipinski definition) is 1. The van der Waals surface area contributed by atoms with Crippen LogP contribution in [-0.4, -0.2) is 32.6 Å². The molecular formula is C18H21ClN4O3. The van der Waals surface area contributed by atoms with E-state index >= 15 is 0 Å². The highest BCUT2D eigenvalue weighted by Crippen LogP contribution is 2.30. The van der Waals surface area contributed by atoms with E-state index in [2.05, 4.69) is 15.5 Å². The van der Waals surface area contributed by atoms with E-state index in [1.54, 1.807) is 18.2 Å². The van der Waals surface area contributed by atoms with Crippen molar-refractivity contribution in [3.05, 3.63) is 35.2 Å². The van der Waals surface area contributed by atoms with Crippen LogP contribution in [0.5, 0.6) is 0 Å². The van der Waals surface area contributed by atoms with Crippen LogP contribution in [0.25, 0.3) is 11.5 Å². The monoisotopic (exact) mass is 376 g/mol. The number of urea groups is 1. The van der Waals surface area contributed by atoms with Crippen LogP contribution in [-0.2, 0) is 11.3 Å². The molecule has 1 aliphatic rings. The molecule has 0 saturated carbocycles. The first-order valence-corrected chi connectivity index (χ1v) is 9.10. The zero-order chi connectivity index (χ0) is 18.7. The van der Waals surface area contributed by atoms with E-state index in [0.29, 0.717) is 23.4 Å². The van der Waals surface area contributed by atoms with E-state index in [1.165, 1.54) is 0 Å². The Bertz CT molecular complexity index is 814. The van der Waals surface area contributed by atoms with Crippen LogP contribution in [0.3, 0.4) is 0 Å². The summed E-state index contributed by atoms with van der Waals surface area (Å²) in [7, 11) is 0. The number of carbonyl (C=O) groups excluding carboxylic acids is 2. The maximum Gasteiger partial charge on any atom is 0.325 e. The normalized spacial score (nSPS) is 16.2. The highest BCUT2D eigenvalue weighted by atomic mass is 35.5. The maximum absolute atomic E-state index is 12.9. The van der Waals surface area contributed by atoms with E-state index in [4.69, 9.17) is 16.0 Å². The zero-order valence-electron chi connectivity index (χ0n) is 14.8. The molecular weight excluding hydrogens is 356 g/mol. The third kappa shape index (κ3) is 3.31. The van der Waals surface area contributed by atoms with Crippen LogP contribution >= 0.6 is 11.6 Å². The molecule has 0 atom stereocenters. The largest absolute Gasteiger partial charge is 0.419 e. The highest BCUT2D eigenvalue weighted by Gasteiger charge is 2.50. The number of rotatable bonds is 7. The number of benzene rings is 1. The first kappa shape index (κ1) is 18.4. The third-order valence-electron chi connectivity index (χ3n) is 4.46. The van der Waals surface area contributed by atoms with Crippen molar-refractivity contribution in [3.8, 4) is 11.5 Å². The van der Waals surface area contributed by atoms with E-state index in [-0.39, 0.29) is 24.2 Å². The Morgan fingerprint density at radius 3 is 2.50 bits per heavy atom. The summed E-state index contributed by atoms with van der Waals surface area (Å²) < 4.78 is 5.62. The molecule has 1 aromatic carbocycles. The Balaban J connectivity index is 1.80. The Morgan fingerprint density at radius 2 is 1.85 bits per heavy atom. The van der Waals surface area contributed by atoms with Gasteiger partial charge in [0.15, 0.2) is 0 Å². The number of hydrogen-bond acceptors (Lipinski definition) is 5. The highest BCUT2D eigenvalue weighted by molar-refractivity contribution is 6.33. The number of aromatic nitrogens is 2. The average Bonchev–Trinajstić information content (AvgIpc) is 3.15. The standard InChI is InChI=1S/C18H21ClN4O3/c1-3-9-18(10-4-2)16(24)23(17(25)20-18)11-14-21-22-15(26-14)12-7-5-6-8-13(12)19/h5-8H,3-4,9-11H2,1-2H3,(H,20,25). The Morgan fingerprint density at radius 1 is 1.15 bits per heavy atom. The zero-order valence-corrected chi connectivity index (χ0v) is 15.5. The molecule has 1 saturated heterocycles. The number of nitrogens with one attached hydrogen (secondary N) is 1. The minimum absolute atomic E-state index is 0.0582. The Kier molecular flexibility index (Phi) is 5.27. The van der Waals surface area contributed by atoms with Crippen molar-refractivity contribution in [3.63, 3.8) is 0 Å². The molecule has 8 heteroatoms. The van der Waals surface area contributed by atoms with Crippen molar-refractivity contribution in [1.82, 2.24) is 20.4 Å². The van der Waals surface area contributed by atoms with E-state index in [9.17, 15) is 9.59 Å². The van der Waals surface area contributed by atoms with Crippen LogP contribution in [0.2, 0.25) is 5.02 Å². The molecule has 1 fully saturated rings. The van der Waals surface area contributed by atoms with Crippen molar-refractivity contribution < 1.29 is 14.0 Å². The topological polar surface area (TPSA) is 88.3 Å². The van der Waals surface area contributed by atoms with Crippen LogP contribution in [0, 0.1) is 0 Å². The van der Waals surface area contributed by atoms with Gasteiger partial charge in [0.2, 0.25) is 11.8 Å². The maximum atomic E-state index is 12.9. The summed E-state index contributed by atoms with van der Waals surface area (Å²) >= 11 is 6.14. The van der Waals surface area contributed by atoms with Crippen LogP contribution in [0.1, 0.15) is 45.4 Å². The molecule has 7 nitrogen and oxygen atoms in total. The summed E-state index contributed by atoms with van der Waals surface area (Å²) in [5, 5.41) is 11.3. The van der Waals surface area contributed by atoms with Gasteiger partial charge in [0.25, 0.3) is 5.91 Å². The predicted molar refractivity (Wildman–Crippen MR) is 96.4 cm³/mol. The molecule has 1 aliphatic heterocycles. The number of amides is 3. The van der Waals surface area contributed by atoms with Gasteiger partial charge in [-0.2, -0.15) is 0 Å². The minimum atomic E-state index is -0.827. The molecule has 2 heterocycles. The van der Waals surface area contributed by atoms with E-state index in [0.717, 1.165) is 17.7 Å². The molecule has 0 spiro atoms. The molecule has 0 radical (unpaired) electrons. The summed E-state index contributed by atoms with van der Waals surface area (Å²) in [6.45, 7) is 3.93. The molecule has 26 heavy (non-hydrogen) atoms. The van der Waals surface area contributed by atoms with E-state index in [1.807, 2.05) is 19.9 Å². The fourth-order valence-electron chi connectivity index (χ4n) is 3.33. The van der Waals surface area contributed by atoms with Gasteiger partial charge >= 0.3 is 6.03 Å². The first-order chi connectivity index (χ1) is 12.5. The third-order valence-corrected chi connectivity index (χ3v) is 4.79. The van der Waals surface area contributed by atoms with Gasteiger partial charge in [0.05, 0.1) is 10.6 Å². The summed E-state index contributed by atoms with van der Waals surface area (Å²) in [4.78, 5) is 26.4. The summed E-state index contributed by atoms with van der Waals surface area (Å²) in [5.41, 5.74) is -0.219. The summed E-state index contributed by atoms with van der Waals surface area (Å²) in [5.74, 6) is 0.210. The fraction of sp³-hybridized carbons (Fsp3) is 0.444. The molecule has 1 aromatic heterocycles. The second kappa shape index (κ2) is 7.45. The molecule has 1 N–H and O–H groups in total. The SMILES string of the molecule is CCCC1(CCC)NC(=O)N(Cc2nnc(-c3ccccc3Cl)o2)C1=O. The van der Waals surface area contributed by atoms with Crippen molar-refractivity contribution in [2.24, 2.45) is 0 Å². The lowest BCUT2D eigenvalue weighted by molar-refractivity contribution is -0.132.